The molecular formula is C14H27IN3O3-. The number of halogens is 1. The Morgan fingerprint density at radius 3 is 2.33 bits per heavy atom. The van der Waals surface area contributed by atoms with Crippen molar-refractivity contribution >= 4 is 15.7 Å². The van der Waals surface area contributed by atoms with E-state index >= 15 is 0 Å². The van der Waals surface area contributed by atoms with Crippen molar-refractivity contribution in [1.29, 1.82) is 0 Å². The van der Waals surface area contributed by atoms with Crippen LogP contribution in [0.5, 0.6) is 0 Å². The molecular weight excluding hydrogens is 385 g/mol. The number of amides is 3. The molecule has 0 aromatic carbocycles. The zero-order chi connectivity index (χ0) is 16.3. The Morgan fingerprint density at radius 1 is 1.14 bits per heavy atom. The number of alkyl halides is 1. The second-order valence-electron chi connectivity index (χ2n) is 5.35. The van der Waals surface area contributed by atoms with Gasteiger partial charge in [-0.05, 0) is 0 Å². The van der Waals surface area contributed by atoms with Gasteiger partial charge in [0.15, 0.2) is 0 Å². The summed E-state index contributed by atoms with van der Waals surface area (Å²) >= 11 is -0.374. The second kappa shape index (κ2) is 11.8. The first-order chi connectivity index (χ1) is 9.86. The van der Waals surface area contributed by atoms with Crippen molar-refractivity contribution in [2.75, 3.05) is 11.5 Å². The van der Waals surface area contributed by atoms with Gasteiger partial charge in [0.25, 0.3) is 0 Å². The fraction of sp³-hybridized carbons (Fsp3) is 0.786. The average Bonchev–Trinajstić information content (AvgIpc) is 2.40. The molecule has 7 heteroatoms. The monoisotopic (exact) mass is 412 g/mol. The third-order valence-corrected chi connectivity index (χ3v) is 4.26. The molecule has 0 aromatic rings. The first-order valence-electron chi connectivity index (χ1n) is 7.22. The molecule has 0 spiro atoms. The summed E-state index contributed by atoms with van der Waals surface area (Å²) in [5.41, 5.74) is 5.28. The molecule has 124 valence electrons. The molecule has 0 saturated heterocycles. The van der Waals surface area contributed by atoms with Gasteiger partial charge in [-0.3, -0.25) is 0 Å². The molecule has 0 aliphatic carbocycles. The van der Waals surface area contributed by atoms with Gasteiger partial charge in [0.2, 0.25) is 0 Å². The topological polar surface area (TPSA) is 101 Å². The van der Waals surface area contributed by atoms with E-state index in [0.717, 1.165) is 19.3 Å². The number of nitrogens with one attached hydrogen (secondary N) is 2. The standard InChI is InChI=1S/C14H27IN3O3/c1-10(2)9-11(13(16)20)18-12(19)7-5-4-6-8-17-14(21)15-3/h10-11H,4-9H2,1-3H3,(H2,16,20)(H,17,21)(H,18,19)/q-1/t11-/m0/s1. The zero-order valence-electron chi connectivity index (χ0n) is 13.1. The summed E-state index contributed by atoms with van der Waals surface area (Å²) in [6.45, 7) is 4.63. The number of carbonyl (C=O) groups is 3. The van der Waals surface area contributed by atoms with Crippen LogP contribution in [0.1, 0.15) is 46.0 Å². The Bertz CT molecular complexity index is 348. The SMILES string of the molecule is C[I-]C(=O)NCCCCCC(=O)N[C@@H](CC(C)C)C(N)=O. The van der Waals surface area contributed by atoms with E-state index in [-0.39, 0.29) is 31.0 Å². The van der Waals surface area contributed by atoms with E-state index in [1.54, 1.807) is 0 Å². The maximum atomic E-state index is 11.7. The minimum atomic E-state index is -0.578. The van der Waals surface area contributed by atoms with E-state index in [9.17, 15) is 14.4 Å². The summed E-state index contributed by atoms with van der Waals surface area (Å²) in [5, 5.41) is 5.52. The molecule has 0 bridgehead atoms. The van der Waals surface area contributed by atoms with Crippen LogP contribution in [0.2, 0.25) is 0 Å². The van der Waals surface area contributed by atoms with E-state index < -0.39 is 11.9 Å². The molecule has 0 fully saturated rings. The van der Waals surface area contributed by atoms with Gasteiger partial charge in [-0.15, -0.1) is 0 Å². The molecule has 6 nitrogen and oxygen atoms in total. The third kappa shape index (κ3) is 11.5. The molecule has 21 heavy (non-hydrogen) atoms. The average molecular weight is 412 g/mol. The first-order valence-corrected chi connectivity index (χ1v) is 10.5. The number of primary amides is 1. The Kier molecular flexibility index (Phi) is 11.3. The Hall–Kier alpha value is -0.860. The summed E-state index contributed by atoms with van der Waals surface area (Å²) in [6.07, 6.45) is 3.44. The van der Waals surface area contributed by atoms with E-state index in [1.165, 1.54) is 0 Å². The molecule has 4 N–H and O–H groups in total. The van der Waals surface area contributed by atoms with Gasteiger partial charge in [0, 0.05) is 0 Å². The van der Waals surface area contributed by atoms with E-state index in [2.05, 4.69) is 10.6 Å². The Balaban J connectivity index is 3.78. The van der Waals surface area contributed by atoms with Crippen molar-refractivity contribution in [2.24, 2.45) is 11.7 Å². The van der Waals surface area contributed by atoms with Crippen molar-refractivity contribution < 1.29 is 35.6 Å². The van der Waals surface area contributed by atoms with Crippen LogP contribution < -0.4 is 37.6 Å². The number of hydrogen-bond donors (Lipinski definition) is 3. The van der Waals surface area contributed by atoms with Crippen molar-refractivity contribution in [3.8, 4) is 0 Å². The molecule has 1 atom stereocenters. The Morgan fingerprint density at radius 2 is 1.81 bits per heavy atom. The number of hydrogen-bond acceptors (Lipinski definition) is 3. The van der Waals surface area contributed by atoms with E-state index in [0.29, 0.717) is 25.3 Å². The minimum absolute atomic E-state index is 0.136. The van der Waals surface area contributed by atoms with Crippen LogP contribution >= 0.6 is 0 Å². The van der Waals surface area contributed by atoms with Gasteiger partial charge >= 0.3 is 123 Å². The van der Waals surface area contributed by atoms with Crippen molar-refractivity contribution in [2.45, 2.75) is 52.0 Å². The summed E-state index contributed by atoms with van der Waals surface area (Å²) in [6, 6.07) is -0.578. The van der Waals surface area contributed by atoms with Crippen LogP contribution in [0, 0.1) is 5.92 Å². The molecule has 0 saturated carbocycles. The molecule has 0 aromatic heterocycles. The summed E-state index contributed by atoms with van der Waals surface area (Å²) < 4.78 is 0.157. The number of nitrogens with two attached hydrogens (primary N) is 1. The molecule has 3 amide bonds. The molecule has 0 rings (SSSR count). The fourth-order valence-corrected chi connectivity index (χ4v) is 2.48. The quantitative estimate of drug-likeness (QED) is 0.120. The van der Waals surface area contributed by atoms with Gasteiger partial charge in [-0.2, -0.15) is 0 Å². The van der Waals surface area contributed by atoms with Crippen LogP contribution in [0.15, 0.2) is 0 Å². The van der Waals surface area contributed by atoms with Crippen LogP contribution in [0.25, 0.3) is 0 Å². The second-order valence-corrected chi connectivity index (χ2v) is 7.41. The van der Waals surface area contributed by atoms with Crippen LogP contribution in [-0.4, -0.2) is 33.2 Å². The van der Waals surface area contributed by atoms with Gasteiger partial charge in [0.05, 0.1) is 0 Å². The van der Waals surface area contributed by atoms with Crippen molar-refractivity contribution in [3.05, 3.63) is 0 Å². The fourth-order valence-electron chi connectivity index (χ4n) is 1.82. The van der Waals surface area contributed by atoms with Gasteiger partial charge in [-0.1, -0.05) is 13.8 Å². The van der Waals surface area contributed by atoms with Crippen molar-refractivity contribution in [1.82, 2.24) is 10.6 Å². The summed E-state index contributed by atoms with van der Waals surface area (Å²) in [5.74, 6) is -0.321. The maximum absolute atomic E-state index is 11.7. The molecule has 0 aliphatic rings. The van der Waals surface area contributed by atoms with Crippen LogP contribution in [0.3, 0.4) is 0 Å². The molecule has 0 radical (unpaired) electrons. The van der Waals surface area contributed by atoms with E-state index in [4.69, 9.17) is 5.73 Å². The molecule has 0 aliphatic heterocycles. The number of carbonyl (C=O) groups excluding carboxylic acids is 3. The zero-order valence-corrected chi connectivity index (χ0v) is 15.2. The normalized spacial score (nSPS) is 12.2. The van der Waals surface area contributed by atoms with Gasteiger partial charge in [0.1, 0.15) is 0 Å². The first kappa shape index (κ1) is 20.1. The van der Waals surface area contributed by atoms with E-state index in [1.807, 2.05) is 18.8 Å². The number of rotatable bonds is 11. The van der Waals surface area contributed by atoms with Gasteiger partial charge < -0.3 is 0 Å². The third-order valence-electron chi connectivity index (χ3n) is 2.90. The number of unbranched alkanes of at least 4 members (excludes halogenated alkanes) is 2. The van der Waals surface area contributed by atoms with Crippen LogP contribution in [-0.2, 0) is 9.59 Å². The van der Waals surface area contributed by atoms with Gasteiger partial charge in [-0.25, -0.2) is 0 Å². The summed E-state index contributed by atoms with van der Waals surface area (Å²) in [4.78, 5) is 36.0. The Labute approximate surface area is 137 Å². The predicted molar refractivity (Wildman–Crippen MR) is 78.4 cm³/mol. The van der Waals surface area contributed by atoms with Crippen LogP contribution in [0.4, 0.5) is 4.79 Å². The molecule has 0 unspecified atom stereocenters. The summed E-state index contributed by atoms with van der Waals surface area (Å²) in [7, 11) is 0. The predicted octanol–water partition coefficient (Wildman–Crippen LogP) is -2.01. The molecule has 0 heterocycles. The van der Waals surface area contributed by atoms with Crippen molar-refractivity contribution in [3.63, 3.8) is 0 Å².